The van der Waals surface area contributed by atoms with Crippen molar-refractivity contribution in [1.82, 2.24) is 15.2 Å². The maximum atomic E-state index is 12.6. The van der Waals surface area contributed by atoms with E-state index in [1.165, 1.54) is 5.56 Å². The van der Waals surface area contributed by atoms with Crippen molar-refractivity contribution < 1.29 is 9.53 Å². The van der Waals surface area contributed by atoms with Crippen LogP contribution in [0.2, 0.25) is 0 Å². The fraction of sp³-hybridized carbons (Fsp3) is 0.450. The molecule has 0 spiro atoms. The van der Waals surface area contributed by atoms with Crippen molar-refractivity contribution in [1.29, 1.82) is 0 Å². The first kappa shape index (κ1) is 16.4. The van der Waals surface area contributed by atoms with Crippen LogP contribution in [-0.4, -0.2) is 54.2 Å². The minimum absolute atomic E-state index is 0.0395. The van der Waals surface area contributed by atoms with Crippen LogP contribution in [0.3, 0.4) is 0 Å². The molecular formula is C20H25N3O2. The predicted molar refractivity (Wildman–Crippen MR) is 96.7 cm³/mol. The van der Waals surface area contributed by atoms with E-state index < -0.39 is 0 Å². The fourth-order valence-corrected chi connectivity index (χ4v) is 3.78. The smallest absolute Gasteiger partial charge is 0.253 e. The van der Waals surface area contributed by atoms with Crippen LogP contribution in [-0.2, 0) is 11.2 Å². The standard InChI is InChI=1S/C20H25N3O2/c24-20(22-17-11-18(12-17)23-6-8-25-9-7-23)19-14-21-13-16(19)10-15-4-2-1-3-5-15/h1-5,13-14,17-18,21H,6-12H2,(H,22,24). The minimum atomic E-state index is 0.0395. The van der Waals surface area contributed by atoms with Gasteiger partial charge in [0.25, 0.3) is 5.91 Å². The van der Waals surface area contributed by atoms with Crippen molar-refractivity contribution >= 4 is 5.91 Å². The number of hydrogen-bond donors (Lipinski definition) is 2. The quantitative estimate of drug-likeness (QED) is 0.878. The Morgan fingerprint density at radius 2 is 1.92 bits per heavy atom. The number of benzene rings is 1. The molecular weight excluding hydrogens is 314 g/mol. The first-order valence-corrected chi connectivity index (χ1v) is 9.12. The number of aromatic nitrogens is 1. The van der Waals surface area contributed by atoms with Gasteiger partial charge in [0.15, 0.2) is 0 Å². The molecule has 4 rings (SSSR count). The van der Waals surface area contributed by atoms with Gasteiger partial charge < -0.3 is 15.0 Å². The first-order valence-electron chi connectivity index (χ1n) is 9.12. The van der Waals surface area contributed by atoms with E-state index in [1.807, 2.05) is 30.6 Å². The summed E-state index contributed by atoms with van der Waals surface area (Å²) < 4.78 is 5.41. The lowest BCUT2D eigenvalue weighted by Crippen LogP contribution is -2.56. The lowest BCUT2D eigenvalue weighted by molar-refractivity contribution is -0.00950. The summed E-state index contributed by atoms with van der Waals surface area (Å²) in [5.74, 6) is 0.0395. The summed E-state index contributed by atoms with van der Waals surface area (Å²) in [6.07, 6.45) is 6.60. The first-order chi connectivity index (χ1) is 12.3. The molecule has 5 heteroatoms. The predicted octanol–water partition coefficient (Wildman–Crippen LogP) is 2.20. The van der Waals surface area contributed by atoms with Gasteiger partial charge in [-0.2, -0.15) is 0 Å². The molecule has 1 amide bonds. The number of ether oxygens (including phenoxy) is 1. The molecule has 0 unspecified atom stereocenters. The molecule has 1 aromatic heterocycles. The number of amides is 1. The fourth-order valence-electron chi connectivity index (χ4n) is 3.78. The van der Waals surface area contributed by atoms with E-state index in [-0.39, 0.29) is 5.91 Å². The number of morpholine rings is 1. The number of nitrogens with one attached hydrogen (secondary N) is 2. The number of rotatable bonds is 5. The van der Waals surface area contributed by atoms with E-state index in [2.05, 4.69) is 27.3 Å². The van der Waals surface area contributed by atoms with Gasteiger partial charge in [-0.05, 0) is 30.4 Å². The Bertz CT molecular complexity index is 701. The van der Waals surface area contributed by atoms with Crippen LogP contribution in [0.4, 0.5) is 0 Å². The maximum absolute atomic E-state index is 12.6. The van der Waals surface area contributed by atoms with Gasteiger partial charge in [-0.15, -0.1) is 0 Å². The summed E-state index contributed by atoms with van der Waals surface area (Å²) in [4.78, 5) is 18.2. The highest BCUT2D eigenvalue weighted by atomic mass is 16.5. The second-order valence-electron chi connectivity index (χ2n) is 7.00. The van der Waals surface area contributed by atoms with Crippen LogP contribution in [0.5, 0.6) is 0 Å². The van der Waals surface area contributed by atoms with E-state index in [1.54, 1.807) is 0 Å². The molecule has 1 aliphatic carbocycles. The van der Waals surface area contributed by atoms with Crippen molar-refractivity contribution in [3.05, 3.63) is 59.4 Å². The Labute approximate surface area is 148 Å². The molecule has 2 heterocycles. The summed E-state index contributed by atoms with van der Waals surface area (Å²) in [5, 5.41) is 3.20. The molecule has 25 heavy (non-hydrogen) atoms. The van der Waals surface area contributed by atoms with Gasteiger partial charge >= 0.3 is 0 Å². The molecule has 2 N–H and O–H groups in total. The SMILES string of the molecule is O=C(NC1CC(N2CCOCC2)C1)c1c[nH]cc1Cc1ccccc1. The molecule has 2 aromatic rings. The van der Waals surface area contributed by atoms with Crippen LogP contribution in [0.15, 0.2) is 42.7 Å². The van der Waals surface area contributed by atoms with Gasteiger partial charge in [0, 0.05) is 37.6 Å². The van der Waals surface area contributed by atoms with Gasteiger partial charge in [0.05, 0.1) is 18.8 Å². The van der Waals surface area contributed by atoms with E-state index in [0.717, 1.165) is 56.7 Å². The second-order valence-corrected chi connectivity index (χ2v) is 7.00. The molecule has 2 fully saturated rings. The molecule has 1 saturated carbocycles. The molecule has 5 nitrogen and oxygen atoms in total. The van der Waals surface area contributed by atoms with Crippen LogP contribution in [0.1, 0.15) is 34.3 Å². The lowest BCUT2D eigenvalue weighted by Gasteiger charge is -2.44. The highest BCUT2D eigenvalue weighted by Gasteiger charge is 2.35. The minimum Gasteiger partial charge on any atom is -0.379 e. The zero-order chi connectivity index (χ0) is 17.1. The molecule has 1 aliphatic heterocycles. The van der Waals surface area contributed by atoms with Crippen LogP contribution in [0.25, 0.3) is 0 Å². The lowest BCUT2D eigenvalue weighted by atomic mass is 9.85. The number of carbonyl (C=O) groups excluding carboxylic acids is 1. The van der Waals surface area contributed by atoms with Gasteiger partial charge in [0.1, 0.15) is 0 Å². The monoisotopic (exact) mass is 339 g/mol. The zero-order valence-electron chi connectivity index (χ0n) is 14.4. The second kappa shape index (κ2) is 7.42. The molecule has 2 aliphatic rings. The van der Waals surface area contributed by atoms with Gasteiger partial charge in [-0.3, -0.25) is 9.69 Å². The Hall–Kier alpha value is -2.11. The number of nitrogens with zero attached hydrogens (tertiary/aromatic N) is 1. The van der Waals surface area contributed by atoms with E-state index in [4.69, 9.17) is 4.74 Å². The number of aromatic amines is 1. The Morgan fingerprint density at radius 3 is 2.68 bits per heavy atom. The van der Waals surface area contributed by atoms with Crippen LogP contribution >= 0.6 is 0 Å². The van der Waals surface area contributed by atoms with Crippen molar-refractivity contribution in [2.45, 2.75) is 31.3 Å². The highest BCUT2D eigenvalue weighted by Crippen LogP contribution is 2.27. The van der Waals surface area contributed by atoms with Crippen LogP contribution < -0.4 is 5.32 Å². The molecule has 0 bridgehead atoms. The molecule has 0 radical (unpaired) electrons. The maximum Gasteiger partial charge on any atom is 0.253 e. The van der Waals surface area contributed by atoms with Gasteiger partial charge in [-0.25, -0.2) is 0 Å². The zero-order valence-corrected chi connectivity index (χ0v) is 14.4. The summed E-state index contributed by atoms with van der Waals surface area (Å²) in [5.41, 5.74) is 3.03. The summed E-state index contributed by atoms with van der Waals surface area (Å²) in [7, 11) is 0. The third-order valence-corrected chi connectivity index (χ3v) is 5.32. The third kappa shape index (κ3) is 3.78. The summed E-state index contributed by atoms with van der Waals surface area (Å²) in [6.45, 7) is 3.70. The molecule has 132 valence electrons. The average molecular weight is 339 g/mol. The number of H-pyrrole nitrogens is 1. The van der Waals surface area contributed by atoms with Crippen molar-refractivity contribution in [2.75, 3.05) is 26.3 Å². The van der Waals surface area contributed by atoms with Crippen molar-refractivity contribution in [3.8, 4) is 0 Å². The Kier molecular flexibility index (Phi) is 4.85. The summed E-state index contributed by atoms with van der Waals surface area (Å²) >= 11 is 0. The van der Waals surface area contributed by atoms with Gasteiger partial charge in [-0.1, -0.05) is 30.3 Å². The van der Waals surface area contributed by atoms with E-state index >= 15 is 0 Å². The topological polar surface area (TPSA) is 57.4 Å². The molecule has 0 atom stereocenters. The normalized spacial score (nSPS) is 23.8. The third-order valence-electron chi connectivity index (χ3n) is 5.32. The van der Waals surface area contributed by atoms with E-state index in [0.29, 0.717) is 12.1 Å². The summed E-state index contributed by atoms with van der Waals surface area (Å²) in [6, 6.07) is 11.1. The molecule has 1 saturated heterocycles. The largest absolute Gasteiger partial charge is 0.379 e. The van der Waals surface area contributed by atoms with Gasteiger partial charge in [0.2, 0.25) is 0 Å². The number of hydrogen-bond acceptors (Lipinski definition) is 3. The molecule has 1 aromatic carbocycles. The number of carbonyl (C=O) groups is 1. The Morgan fingerprint density at radius 1 is 1.16 bits per heavy atom. The van der Waals surface area contributed by atoms with E-state index in [9.17, 15) is 4.79 Å². The Balaban J connectivity index is 1.31. The van der Waals surface area contributed by atoms with Crippen molar-refractivity contribution in [2.24, 2.45) is 0 Å². The van der Waals surface area contributed by atoms with Crippen LogP contribution in [0, 0.1) is 0 Å². The average Bonchev–Trinajstić information content (AvgIpc) is 3.07. The highest BCUT2D eigenvalue weighted by molar-refractivity contribution is 5.95. The van der Waals surface area contributed by atoms with Crippen molar-refractivity contribution in [3.63, 3.8) is 0 Å².